The molecule has 0 amide bonds. The summed E-state index contributed by atoms with van der Waals surface area (Å²) in [6, 6.07) is 21.4. The van der Waals surface area contributed by atoms with Crippen molar-refractivity contribution in [2.45, 2.75) is 38.1 Å². The van der Waals surface area contributed by atoms with E-state index in [0.29, 0.717) is 5.92 Å². The van der Waals surface area contributed by atoms with E-state index in [1.807, 2.05) is 6.07 Å². The number of benzene rings is 2. The van der Waals surface area contributed by atoms with Crippen molar-refractivity contribution in [1.82, 2.24) is 9.80 Å². The van der Waals surface area contributed by atoms with Gasteiger partial charge in [-0.05, 0) is 29.9 Å². The lowest BCUT2D eigenvalue weighted by Gasteiger charge is -2.56. The molecule has 25 heavy (non-hydrogen) atoms. The number of nitrogens with zero attached hydrogens (tertiary/aromatic N) is 2. The van der Waals surface area contributed by atoms with Crippen molar-refractivity contribution < 1.29 is 5.11 Å². The summed E-state index contributed by atoms with van der Waals surface area (Å²) in [6.07, 6.45) is 2.01. The summed E-state index contributed by atoms with van der Waals surface area (Å²) >= 11 is 0. The zero-order chi connectivity index (χ0) is 17.3. The van der Waals surface area contributed by atoms with Crippen molar-refractivity contribution in [2.24, 2.45) is 5.92 Å². The maximum absolute atomic E-state index is 10.8. The van der Waals surface area contributed by atoms with Crippen LogP contribution in [0, 0.1) is 5.92 Å². The molecule has 2 aromatic rings. The third-order valence-electron chi connectivity index (χ3n) is 6.00. The molecule has 2 aliphatic heterocycles. The first-order valence-electron chi connectivity index (χ1n) is 9.44. The lowest BCUT2D eigenvalue weighted by Crippen LogP contribution is -2.66. The third kappa shape index (κ3) is 3.24. The quantitative estimate of drug-likeness (QED) is 0.930. The molecule has 0 saturated carbocycles. The Bertz CT molecular complexity index is 690. The van der Waals surface area contributed by atoms with Crippen molar-refractivity contribution in [3.63, 3.8) is 0 Å². The number of hydrogen-bond donors (Lipinski definition) is 1. The maximum Gasteiger partial charge on any atom is 0.120 e. The van der Waals surface area contributed by atoms with Gasteiger partial charge in [-0.3, -0.25) is 9.80 Å². The molecule has 2 saturated heterocycles. The molecule has 0 aliphatic carbocycles. The highest BCUT2D eigenvalue weighted by Crippen LogP contribution is 2.43. The fourth-order valence-corrected chi connectivity index (χ4v) is 4.61. The Kier molecular flexibility index (Phi) is 4.63. The summed E-state index contributed by atoms with van der Waals surface area (Å²) in [7, 11) is 0. The van der Waals surface area contributed by atoms with Crippen LogP contribution in [-0.4, -0.2) is 40.8 Å². The normalized spacial score (nSPS) is 30.8. The highest BCUT2D eigenvalue weighted by molar-refractivity contribution is 5.27. The first-order chi connectivity index (χ1) is 12.2. The number of piperazine rings is 1. The fraction of sp³-hybridized carbons (Fsp3) is 0.455. The molecule has 3 atom stereocenters. The zero-order valence-corrected chi connectivity index (χ0v) is 15.0. The average Bonchev–Trinajstić information content (AvgIpc) is 2.64. The van der Waals surface area contributed by atoms with E-state index in [4.69, 9.17) is 0 Å². The molecule has 1 N–H and O–H groups in total. The Morgan fingerprint density at radius 2 is 1.68 bits per heavy atom. The Balaban J connectivity index is 1.65. The van der Waals surface area contributed by atoms with Gasteiger partial charge in [0, 0.05) is 26.2 Å². The first kappa shape index (κ1) is 16.8. The summed E-state index contributed by atoms with van der Waals surface area (Å²) in [6.45, 7) is 5.83. The Morgan fingerprint density at radius 3 is 2.40 bits per heavy atom. The van der Waals surface area contributed by atoms with E-state index in [-0.39, 0.29) is 5.54 Å². The van der Waals surface area contributed by atoms with E-state index in [1.54, 1.807) is 0 Å². The summed E-state index contributed by atoms with van der Waals surface area (Å²) in [5.41, 5.74) is 2.69. The van der Waals surface area contributed by atoms with Crippen LogP contribution in [0.5, 0.6) is 0 Å². The summed E-state index contributed by atoms with van der Waals surface area (Å²) < 4.78 is 0. The molecule has 0 bridgehead atoms. The zero-order valence-electron chi connectivity index (χ0n) is 15.0. The van der Waals surface area contributed by atoms with E-state index in [0.717, 1.165) is 32.6 Å². The number of aliphatic hydroxyl groups excluding tert-OH is 1. The molecule has 2 fully saturated rings. The monoisotopic (exact) mass is 336 g/mol. The van der Waals surface area contributed by atoms with Gasteiger partial charge in [-0.15, -0.1) is 0 Å². The minimum absolute atomic E-state index is 0.0295. The third-order valence-corrected chi connectivity index (χ3v) is 6.00. The van der Waals surface area contributed by atoms with Crippen LogP contribution in [0.1, 0.15) is 30.9 Å². The summed E-state index contributed by atoms with van der Waals surface area (Å²) in [5, 5.41) is 10.8. The van der Waals surface area contributed by atoms with Gasteiger partial charge in [0.05, 0.1) is 5.54 Å². The van der Waals surface area contributed by atoms with Crippen LogP contribution in [0.4, 0.5) is 0 Å². The van der Waals surface area contributed by atoms with Gasteiger partial charge in [-0.2, -0.15) is 0 Å². The smallest absolute Gasteiger partial charge is 0.120 e. The van der Waals surface area contributed by atoms with Crippen molar-refractivity contribution in [2.75, 3.05) is 19.6 Å². The average molecular weight is 336 g/mol. The predicted octanol–water partition coefficient (Wildman–Crippen LogP) is 3.45. The lowest BCUT2D eigenvalue weighted by atomic mass is 9.76. The molecule has 0 spiro atoms. The second-order valence-electron chi connectivity index (χ2n) is 7.82. The van der Waals surface area contributed by atoms with E-state index < -0.39 is 6.23 Å². The maximum atomic E-state index is 10.8. The SMILES string of the molecule is C[C@@H]1CC[C@]2(c3ccccc3)CN(Cc3ccccc3)C(O)CN2C1. The van der Waals surface area contributed by atoms with E-state index in [1.165, 1.54) is 17.5 Å². The van der Waals surface area contributed by atoms with Gasteiger partial charge in [-0.25, -0.2) is 0 Å². The van der Waals surface area contributed by atoms with E-state index in [9.17, 15) is 5.11 Å². The lowest BCUT2D eigenvalue weighted by molar-refractivity contribution is -0.141. The largest absolute Gasteiger partial charge is 0.377 e. The predicted molar refractivity (Wildman–Crippen MR) is 101 cm³/mol. The van der Waals surface area contributed by atoms with Crippen molar-refractivity contribution in [3.8, 4) is 0 Å². The molecule has 4 rings (SSSR count). The van der Waals surface area contributed by atoms with Gasteiger partial charge < -0.3 is 5.11 Å². The molecule has 2 aliphatic rings. The van der Waals surface area contributed by atoms with Crippen LogP contribution in [0.3, 0.4) is 0 Å². The molecule has 1 unspecified atom stereocenters. The molecule has 3 nitrogen and oxygen atoms in total. The number of hydrogen-bond acceptors (Lipinski definition) is 3. The van der Waals surface area contributed by atoms with Crippen LogP contribution in [0.25, 0.3) is 0 Å². The van der Waals surface area contributed by atoms with Crippen LogP contribution in [-0.2, 0) is 12.1 Å². The molecule has 2 heterocycles. The number of aliphatic hydroxyl groups is 1. The molecular weight excluding hydrogens is 308 g/mol. The number of piperidine rings is 1. The van der Waals surface area contributed by atoms with E-state index >= 15 is 0 Å². The minimum atomic E-state index is -0.401. The van der Waals surface area contributed by atoms with Gasteiger partial charge in [0.2, 0.25) is 0 Å². The van der Waals surface area contributed by atoms with Crippen LogP contribution in [0.15, 0.2) is 60.7 Å². The van der Waals surface area contributed by atoms with Crippen molar-refractivity contribution >= 4 is 0 Å². The van der Waals surface area contributed by atoms with Crippen LogP contribution >= 0.6 is 0 Å². The highest BCUT2D eigenvalue weighted by atomic mass is 16.3. The van der Waals surface area contributed by atoms with Gasteiger partial charge >= 0.3 is 0 Å². The molecule has 132 valence electrons. The van der Waals surface area contributed by atoms with Gasteiger partial charge in [0.25, 0.3) is 0 Å². The van der Waals surface area contributed by atoms with Gasteiger partial charge in [-0.1, -0.05) is 67.6 Å². The molecule has 3 heteroatoms. The van der Waals surface area contributed by atoms with Gasteiger partial charge in [0.15, 0.2) is 0 Å². The van der Waals surface area contributed by atoms with Crippen LogP contribution < -0.4 is 0 Å². The number of rotatable bonds is 3. The fourth-order valence-electron chi connectivity index (χ4n) is 4.61. The van der Waals surface area contributed by atoms with Gasteiger partial charge in [0.1, 0.15) is 6.23 Å². The molecule has 0 radical (unpaired) electrons. The second-order valence-corrected chi connectivity index (χ2v) is 7.82. The highest BCUT2D eigenvalue weighted by Gasteiger charge is 2.48. The molecule has 2 aromatic carbocycles. The Labute approximate surface area is 150 Å². The molecular formula is C22H28N2O. The Hall–Kier alpha value is -1.68. The summed E-state index contributed by atoms with van der Waals surface area (Å²) in [5.74, 6) is 0.699. The van der Waals surface area contributed by atoms with Crippen LogP contribution in [0.2, 0.25) is 0 Å². The number of fused-ring (bicyclic) bond motifs is 1. The Morgan fingerprint density at radius 1 is 1.00 bits per heavy atom. The van der Waals surface area contributed by atoms with Crippen molar-refractivity contribution in [3.05, 3.63) is 71.8 Å². The summed E-state index contributed by atoms with van der Waals surface area (Å²) in [4.78, 5) is 4.80. The van der Waals surface area contributed by atoms with E-state index in [2.05, 4.69) is 71.3 Å². The minimum Gasteiger partial charge on any atom is -0.377 e. The first-order valence-corrected chi connectivity index (χ1v) is 9.44. The van der Waals surface area contributed by atoms with Crippen molar-refractivity contribution in [1.29, 1.82) is 0 Å². The molecule has 0 aromatic heterocycles. The topological polar surface area (TPSA) is 26.7 Å². The standard InChI is InChI=1S/C22H28N2O/c1-18-12-13-22(20-10-6-3-7-11-20)17-23(21(25)16-24(22)14-18)15-19-8-4-2-5-9-19/h2-11,18,21,25H,12-17H2,1H3/t18-,21?,22-/m1/s1. The second kappa shape index (κ2) is 6.91.